The number of aromatic nitrogens is 2. The van der Waals surface area contributed by atoms with Crippen LogP contribution < -0.4 is 5.32 Å². The Labute approximate surface area is 123 Å². The molecule has 0 bridgehead atoms. The summed E-state index contributed by atoms with van der Waals surface area (Å²) in [6.45, 7) is 7.82. The molecular formula is C15H18N4O2. The van der Waals surface area contributed by atoms with E-state index in [0.717, 1.165) is 0 Å². The molecule has 2 rings (SSSR count). The van der Waals surface area contributed by atoms with Crippen LogP contribution in [0.1, 0.15) is 49.4 Å². The fraction of sp³-hybridized carbons (Fsp3) is 0.400. The van der Waals surface area contributed by atoms with Crippen molar-refractivity contribution in [1.29, 1.82) is 5.26 Å². The molecule has 0 spiro atoms. The van der Waals surface area contributed by atoms with Crippen molar-refractivity contribution >= 4 is 11.7 Å². The summed E-state index contributed by atoms with van der Waals surface area (Å²) in [7, 11) is 0. The number of aryl methyl sites for hydroxylation is 1. The number of furan rings is 1. The van der Waals surface area contributed by atoms with Gasteiger partial charge in [0.1, 0.15) is 17.4 Å². The smallest absolute Gasteiger partial charge is 0.260 e. The van der Waals surface area contributed by atoms with Crippen LogP contribution in [0.5, 0.6) is 0 Å². The summed E-state index contributed by atoms with van der Waals surface area (Å²) in [5.74, 6) is 0.554. The van der Waals surface area contributed by atoms with E-state index in [2.05, 4.69) is 10.4 Å². The molecule has 1 amide bonds. The highest BCUT2D eigenvalue weighted by Gasteiger charge is 2.21. The van der Waals surface area contributed by atoms with Crippen LogP contribution in [0.4, 0.5) is 5.82 Å². The van der Waals surface area contributed by atoms with Gasteiger partial charge >= 0.3 is 0 Å². The molecule has 0 atom stereocenters. The first-order chi connectivity index (χ1) is 9.86. The van der Waals surface area contributed by atoms with Crippen molar-refractivity contribution in [1.82, 2.24) is 9.78 Å². The minimum atomic E-state index is -0.323. The van der Waals surface area contributed by atoms with Gasteiger partial charge in [-0.3, -0.25) is 9.48 Å². The van der Waals surface area contributed by atoms with Gasteiger partial charge in [-0.1, -0.05) is 6.92 Å². The third kappa shape index (κ3) is 2.97. The average Bonchev–Trinajstić information content (AvgIpc) is 3.03. The number of amides is 1. The number of nitrogens with zero attached hydrogens (tertiary/aromatic N) is 3. The van der Waals surface area contributed by atoms with E-state index in [1.165, 1.54) is 6.26 Å². The Bertz CT molecular complexity index is 698. The molecule has 6 nitrogen and oxygen atoms in total. The lowest BCUT2D eigenvalue weighted by molar-refractivity contribution is 0.102. The number of carbonyl (C=O) groups is 1. The first kappa shape index (κ1) is 14.9. The van der Waals surface area contributed by atoms with Crippen LogP contribution in [0.25, 0.3) is 0 Å². The number of hydrogen-bond acceptors (Lipinski definition) is 4. The molecule has 0 aromatic carbocycles. The number of nitrogens with one attached hydrogen (secondary N) is 1. The number of nitriles is 1. The van der Waals surface area contributed by atoms with Gasteiger partial charge in [0.25, 0.3) is 5.91 Å². The molecule has 6 heteroatoms. The predicted octanol–water partition coefficient (Wildman–Crippen LogP) is 2.92. The highest BCUT2D eigenvalue weighted by Crippen LogP contribution is 2.20. The number of carbonyl (C=O) groups excluding carboxylic acids is 1. The van der Waals surface area contributed by atoms with Crippen molar-refractivity contribution in [2.45, 2.75) is 39.7 Å². The summed E-state index contributed by atoms with van der Waals surface area (Å²) in [5, 5.41) is 16.1. The van der Waals surface area contributed by atoms with Gasteiger partial charge in [-0.25, -0.2) is 0 Å². The topological polar surface area (TPSA) is 83.8 Å². The van der Waals surface area contributed by atoms with E-state index in [1.54, 1.807) is 16.9 Å². The Morgan fingerprint density at radius 3 is 2.81 bits per heavy atom. The average molecular weight is 286 g/mol. The zero-order valence-corrected chi connectivity index (χ0v) is 12.6. The number of rotatable bonds is 3. The monoisotopic (exact) mass is 286 g/mol. The highest BCUT2D eigenvalue weighted by atomic mass is 16.3. The van der Waals surface area contributed by atoms with Crippen molar-refractivity contribution in [3.8, 4) is 6.07 Å². The lowest BCUT2D eigenvalue weighted by atomic mass is 10.1. The number of anilines is 1. The Balaban J connectivity index is 2.30. The summed E-state index contributed by atoms with van der Waals surface area (Å²) in [4.78, 5) is 12.3. The van der Waals surface area contributed by atoms with Gasteiger partial charge in [0.05, 0.1) is 17.4 Å². The largest absolute Gasteiger partial charge is 0.469 e. The molecule has 0 aliphatic rings. The van der Waals surface area contributed by atoms with Crippen LogP contribution in [0.2, 0.25) is 0 Å². The van der Waals surface area contributed by atoms with Crippen LogP contribution in [-0.4, -0.2) is 15.7 Å². The van der Waals surface area contributed by atoms with Crippen LogP contribution in [0.3, 0.4) is 0 Å². The maximum Gasteiger partial charge on any atom is 0.260 e. The molecular weight excluding hydrogens is 268 g/mol. The van der Waals surface area contributed by atoms with Crippen molar-refractivity contribution in [3.63, 3.8) is 0 Å². The third-order valence-electron chi connectivity index (χ3n) is 3.07. The van der Waals surface area contributed by atoms with E-state index in [0.29, 0.717) is 23.3 Å². The second kappa shape index (κ2) is 5.44. The fourth-order valence-corrected chi connectivity index (χ4v) is 1.88. The SMILES string of the molecule is CCc1occc1C(=O)Nc1nn(C(C)(C)C)cc1C#N. The first-order valence-corrected chi connectivity index (χ1v) is 6.74. The summed E-state index contributed by atoms with van der Waals surface area (Å²) < 4.78 is 6.90. The minimum absolute atomic E-state index is 0.265. The molecule has 0 fully saturated rings. The van der Waals surface area contributed by atoms with Crippen LogP contribution >= 0.6 is 0 Å². The predicted molar refractivity (Wildman–Crippen MR) is 78.0 cm³/mol. The van der Waals surface area contributed by atoms with Crippen molar-refractivity contribution < 1.29 is 9.21 Å². The molecule has 110 valence electrons. The second-order valence-corrected chi connectivity index (χ2v) is 5.68. The van der Waals surface area contributed by atoms with Crippen molar-refractivity contribution in [2.24, 2.45) is 0 Å². The van der Waals surface area contributed by atoms with Crippen molar-refractivity contribution in [3.05, 3.63) is 35.4 Å². The Kier molecular flexibility index (Phi) is 3.85. The summed E-state index contributed by atoms with van der Waals surface area (Å²) in [6, 6.07) is 3.66. The molecule has 0 saturated heterocycles. The summed E-state index contributed by atoms with van der Waals surface area (Å²) in [6.07, 6.45) is 3.73. The molecule has 0 aliphatic heterocycles. The Morgan fingerprint density at radius 2 is 2.24 bits per heavy atom. The van der Waals surface area contributed by atoms with E-state index in [-0.39, 0.29) is 17.3 Å². The highest BCUT2D eigenvalue weighted by molar-refractivity contribution is 6.05. The minimum Gasteiger partial charge on any atom is -0.469 e. The zero-order chi connectivity index (χ0) is 15.6. The van der Waals surface area contributed by atoms with Crippen molar-refractivity contribution in [2.75, 3.05) is 5.32 Å². The molecule has 2 heterocycles. The van der Waals surface area contributed by atoms with E-state index in [1.807, 2.05) is 33.8 Å². The fourth-order valence-electron chi connectivity index (χ4n) is 1.88. The molecule has 2 aromatic heterocycles. The molecule has 0 unspecified atom stereocenters. The molecule has 0 saturated carbocycles. The molecule has 0 aliphatic carbocycles. The molecule has 2 aromatic rings. The lowest BCUT2D eigenvalue weighted by Gasteiger charge is -2.18. The van der Waals surface area contributed by atoms with Gasteiger partial charge in [0.15, 0.2) is 5.82 Å². The third-order valence-corrected chi connectivity index (χ3v) is 3.07. The summed E-state index contributed by atoms with van der Waals surface area (Å²) in [5.41, 5.74) is 0.533. The van der Waals surface area contributed by atoms with Gasteiger partial charge in [0, 0.05) is 12.6 Å². The zero-order valence-electron chi connectivity index (χ0n) is 12.6. The lowest BCUT2D eigenvalue weighted by Crippen LogP contribution is -2.22. The molecule has 0 radical (unpaired) electrons. The normalized spacial score (nSPS) is 11.2. The van der Waals surface area contributed by atoms with Gasteiger partial charge in [-0.15, -0.1) is 0 Å². The van der Waals surface area contributed by atoms with Gasteiger partial charge in [-0.05, 0) is 26.8 Å². The van der Waals surface area contributed by atoms with Gasteiger partial charge in [0.2, 0.25) is 0 Å². The Morgan fingerprint density at radius 1 is 1.52 bits per heavy atom. The van der Waals surface area contributed by atoms with E-state index < -0.39 is 0 Å². The van der Waals surface area contributed by atoms with Gasteiger partial charge < -0.3 is 9.73 Å². The second-order valence-electron chi connectivity index (χ2n) is 5.68. The Hall–Kier alpha value is -2.55. The van der Waals surface area contributed by atoms with Crippen LogP contribution in [0, 0.1) is 11.3 Å². The molecule has 1 N–H and O–H groups in total. The number of hydrogen-bond donors (Lipinski definition) is 1. The maximum absolute atomic E-state index is 12.3. The quantitative estimate of drug-likeness (QED) is 0.940. The summed E-state index contributed by atoms with van der Waals surface area (Å²) >= 11 is 0. The maximum atomic E-state index is 12.3. The van der Waals surface area contributed by atoms with Gasteiger partial charge in [-0.2, -0.15) is 10.4 Å². The standard InChI is InChI=1S/C15H18N4O2/c1-5-12-11(6-7-21-12)14(20)17-13-10(8-16)9-19(18-13)15(2,3)4/h6-7,9H,5H2,1-4H3,(H,17,18,20). The van der Waals surface area contributed by atoms with Crippen LogP contribution in [0.15, 0.2) is 22.9 Å². The van der Waals surface area contributed by atoms with E-state index in [9.17, 15) is 4.79 Å². The van der Waals surface area contributed by atoms with Crippen LogP contribution in [-0.2, 0) is 12.0 Å². The van der Waals surface area contributed by atoms with E-state index in [4.69, 9.17) is 9.68 Å². The first-order valence-electron chi connectivity index (χ1n) is 6.74. The van der Waals surface area contributed by atoms with E-state index >= 15 is 0 Å². The molecule has 21 heavy (non-hydrogen) atoms.